The first-order valence-electron chi connectivity index (χ1n) is 5.54. The molecule has 0 atom stereocenters. The van der Waals surface area contributed by atoms with Crippen LogP contribution in [-0.4, -0.2) is 55.8 Å². The second-order valence-corrected chi connectivity index (χ2v) is 4.48. The number of rotatable bonds is 8. The molecule has 0 spiro atoms. The van der Waals surface area contributed by atoms with Crippen molar-refractivity contribution in [1.29, 1.82) is 0 Å². The van der Waals surface area contributed by atoms with E-state index in [-0.39, 0.29) is 0 Å². The van der Waals surface area contributed by atoms with Crippen LogP contribution in [0.4, 0.5) is 65.9 Å². The van der Waals surface area contributed by atoms with Gasteiger partial charge in [-0.25, -0.2) is 4.74 Å². The molecule has 0 aliphatic rings. The number of alkyl halides is 15. The first-order valence-corrected chi connectivity index (χ1v) is 5.54. The van der Waals surface area contributed by atoms with Crippen LogP contribution in [0.15, 0.2) is 0 Å². The van der Waals surface area contributed by atoms with E-state index in [9.17, 15) is 65.9 Å². The van der Waals surface area contributed by atoms with Gasteiger partial charge in [-0.2, -0.15) is 65.9 Å². The molecule has 0 fully saturated rings. The number of ether oxygens (including phenoxy) is 2. The van der Waals surface area contributed by atoms with Crippen LogP contribution in [0.1, 0.15) is 0 Å². The molecule has 0 N–H and O–H groups in total. The van der Waals surface area contributed by atoms with Crippen LogP contribution in [0.3, 0.4) is 0 Å². The second kappa shape index (κ2) is 6.49. The summed E-state index contributed by atoms with van der Waals surface area (Å²) >= 11 is 0. The molecule has 0 saturated heterocycles. The van der Waals surface area contributed by atoms with Gasteiger partial charge in [0.2, 0.25) is 0 Å². The average molecular weight is 430 g/mol. The van der Waals surface area contributed by atoms with Crippen LogP contribution in [0, 0.1) is 0 Å². The van der Waals surface area contributed by atoms with E-state index in [0.717, 1.165) is 0 Å². The van der Waals surface area contributed by atoms with Gasteiger partial charge in [0.05, 0.1) is 0 Å². The smallest absolute Gasteiger partial charge is 0.376 e. The highest BCUT2D eigenvalue weighted by Crippen LogP contribution is 2.60. The maximum absolute atomic E-state index is 13.0. The molecule has 0 aliphatic carbocycles. The first-order chi connectivity index (χ1) is 11.0. The van der Waals surface area contributed by atoms with Crippen LogP contribution >= 0.6 is 0 Å². The lowest BCUT2D eigenvalue weighted by atomic mass is 9.97. The molecular formula is C9H5F15O2. The normalized spacial score (nSPS) is 16.2. The third-order valence-electron chi connectivity index (χ3n) is 2.49. The molecule has 0 bridgehead atoms. The van der Waals surface area contributed by atoms with Crippen molar-refractivity contribution < 1.29 is 75.3 Å². The van der Waals surface area contributed by atoms with Crippen molar-refractivity contribution in [1.82, 2.24) is 0 Å². The van der Waals surface area contributed by atoms with Crippen LogP contribution in [0.2, 0.25) is 0 Å². The summed E-state index contributed by atoms with van der Waals surface area (Å²) in [7, 11) is 0.334. The average Bonchev–Trinajstić information content (AvgIpc) is 2.34. The molecule has 26 heavy (non-hydrogen) atoms. The molecule has 0 amide bonds. The zero-order valence-corrected chi connectivity index (χ0v) is 11.7. The fraction of sp³-hybridized carbons (Fsp3) is 1.00. The molecule has 0 aliphatic heterocycles. The van der Waals surface area contributed by atoms with Gasteiger partial charge in [-0.1, -0.05) is 0 Å². The van der Waals surface area contributed by atoms with Crippen molar-refractivity contribution in [3.63, 3.8) is 0 Å². The Morgan fingerprint density at radius 1 is 0.538 bits per heavy atom. The Bertz CT molecular complexity index is 494. The van der Waals surface area contributed by atoms with Gasteiger partial charge in [0.25, 0.3) is 0 Å². The summed E-state index contributed by atoms with van der Waals surface area (Å²) in [5, 5.41) is 0. The van der Waals surface area contributed by atoms with Crippen LogP contribution in [0.25, 0.3) is 0 Å². The molecule has 0 aromatic rings. The van der Waals surface area contributed by atoms with Gasteiger partial charge >= 0.3 is 42.1 Å². The summed E-state index contributed by atoms with van der Waals surface area (Å²) in [6, 6.07) is 0. The first kappa shape index (κ1) is 24.9. The van der Waals surface area contributed by atoms with Gasteiger partial charge < -0.3 is 4.74 Å². The monoisotopic (exact) mass is 430 g/mol. The van der Waals surface area contributed by atoms with E-state index >= 15 is 0 Å². The highest BCUT2D eigenvalue weighted by atomic mass is 19.4. The Labute approximate surface area is 132 Å². The van der Waals surface area contributed by atoms with Crippen molar-refractivity contribution >= 4 is 0 Å². The van der Waals surface area contributed by atoms with E-state index < -0.39 is 48.7 Å². The van der Waals surface area contributed by atoms with E-state index in [0.29, 0.717) is 7.11 Å². The van der Waals surface area contributed by atoms with Gasteiger partial charge in [0, 0.05) is 7.11 Å². The highest BCUT2D eigenvalue weighted by Gasteiger charge is 2.91. The standard InChI is InChI=1S/C9H5F15O2/c1-25-2-3(10,11)26-9(23,24)7(18,19)5(14,15)4(12,13)6(16,17)8(20,21)22/h2H2,1H3. The zero-order chi connectivity index (χ0) is 21.6. The number of methoxy groups -OCH3 is 1. The Morgan fingerprint density at radius 3 is 1.19 bits per heavy atom. The molecular weight excluding hydrogens is 425 g/mol. The van der Waals surface area contributed by atoms with Crippen molar-refractivity contribution in [3.05, 3.63) is 0 Å². The predicted molar refractivity (Wildman–Crippen MR) is 48.7 cm³/mol. The Morgan fingerprint density at radius 2 is 0.885 bits per heavy atom. The fourth-order valence-electron chi connectivity index (χ4n) is 1.20. The maximum Gasteiger partial charge on any atom is 0.460 e. The molecule has 0 radical (unpaired) electrons. The fourth-order valence-corrected chi connectivity index (χ4v) is 1.20. The largest absolute Gasteiger partial charge is 0.460 e. The Balaban J connectivity index is 6.16. The summed E-state index contributed by atoms with van der Waals surface area (Å²) < 4.78 is 194. The van der Waals surface area contributed by atoms with E-state index in [4.69, 9.17) is 0 Å². The molecule has 0 aromatic heterocycles. The van der Waals surface area contributed by atoms with E-state index in [1.165, 1.54) is 0 Å². The van der Waals surface area contributed by atoms with E-state index in [1.807, 2.05) is 4.74 Å². The van der Waals surface area contributed by atoms with Crippen molar-refractivity contribution in [3.8, 4) is 0 Å². The quantitative estimate of drug-likeness (QED) is 0.509. The van der Waals surface area contributed by atoms with Gasteiger partial charge in [-0.3, -0.25) is 0 Å². The molecule has 0 heterocycles. The van der Waals surface area contributed by atoms with Crippen LogP contribution in [-0.2, 0) is 9.47 Å². The SMILES string of the molecule is COCC(F)(F)OC(F)(F)C(F)(F)C(F)(F)C(F)(F)C(F)(F)C(F)(F)F. The topological polar surface area (TPSA) is 18.5 Å². The number of hydrogen-bond acceptors (Lipinski definition) is 2. The molecule has 2 nitrogen and oxygen atoms in total. The molecule has 0 unspecified atom stereocenters. The van der Waals surface area contributed by atoms with Gasteiger partial charge in [-0.15, -0.1) is 0 Å². The maximum atomic E-state index is 13.0. The van der Waals surface area contributed by atoms with Crippen LogP contribution in [0.5, 0.6) is 0 Å². The summed E-state index contributed by atoms with van der Waals surface area (Å²) in [5.41, 5.74) is 0. The van der Waals surface area contributed by atoms with Crippen molar-refractivity contribution in [2.24, 2.45) is 0 Å². The third-order valence-corrected chi connectivity index (χ3v) is 2.49. The van der Waals surface area contributed by atoms with E-state index in [2.05, 4.69) is 4.74 Å². The molecule has 0 rings (SSSR count). The molecule has 17 heteroatoms. The van der Waals surface area contributed by atoms with Gasteiger partial charge in [-0.05, 0) is 0 Å². The van der Waals surface area contributed by atoms with Crippen molar-refractivity contribution in [2.45, 2.75) is 42.1 Å². The number of hydrogen-bond donors (Lipinski definition) is 0. The zero-order valence-electron chi connectivity index (χ0n) is 11.7. The minimum Gasteiger partial charge on any atom is -0.376 e. The predicted octanol–water partition coefficient (Wildman–Crippen LogP) is 4.94. The molecule has 0 saturated carbocycles. The summed E-state index contributed by atoms with van der Waals surface area (Å²) in [4.78, 5) is 0. The summed E-state index contributed by atoms with van der Waals surface area (Å²) in [6.07, 6.45) is -20.5. The minimum atomic E-state index is -8.20. The lowest BCUT2D eigenvalue weighted by Gasteiger charge is -2.39. The second-order valence-electron chi connectivity index (χ2n) is 4.48. The lowest BCUT2D eigenvalue weighted by Crippen LogP contribution is -2.70. The third kappa shape index (κ3) is 3.77. The van der Waals surface area contributed by atoms with Crippen molar-refractivity contribution in [2.75, 3.05) is 13.7 Å². The summed E-state index contributed by atoms with van der Waals surface area (Å²) in [5.74, 6) is -32.3. The Kier molecular flexibility index (Phi) is 6.21. The Hall–Kier alpha value is -1.13. The highest BCUT2D eigenvalue weighted by molar-refractivity contribution is 5.08. The van der Waals surface area contributed by atoms with Crippen LogP contribution < -0.4 is 0 Å². The molecule has 158 valence electrons. The lowest BCUT2D eigenvalue weighted by molar-refractivity contribution is -0.493. The number of halogens is 15. The van der Waals surface area contributed by atoms with E-state index in [1.54, 1.807) is 0 Å². The molecule has 0 aromatic carbocycles. The summed E-state index contributed by atoms with van der Waals surface area (Å²) in [6.45, 7) is -2.32. The van der Waals surface area contributed by atoms with Gasteiger partial charge in [0.15, 0.2) is 0 Å². The minimum absolute atomic E-state index is 0.334. The van der Waals surface area contributed by atoms with Gasteiger partial charge in [0.1, 0.15) is 6.61 Å².